The van der Waals surface area contributed by atoms with Crippen molar-refractivity contribution in [2.24, 2.45) is 5.92 Å². The first-order valence-corrected chi connectivity index (χ1v) is 12.2. The molecule has 0 aromatic carbocycles. The Morgan fingerprint density at radius 1 is 1.12 bits per heavy atom. The highest BCUT2D eigenvalue weighted by Crippen LogP contribution is 2.33. The lowest BCUT2D eigenvalue weighted by Gasteiger charge is -2.39. The van der Waals surface area contributed by atoms with Crippen LogP contribution in [0.5, 0.6) is 0 Å². The number of piperidine rings is 1. The predicted molar refractivity (Wildman–Crippen MR) is 126 cm³/mol. The van der Waals surface area contributed by atoms with Crippen LogP contribution in [0.15, 0.2) is 23.4 Å². The number of nitrogens with one attached hydrogen (secondary N) is 2. The summed E-state index contributed by atoms with van der Waals surface area (Å²) in [4.78, 5) is 35.4. The number of nitrogens with zero attached hydrogens (tertiary/aromatic N) is 6. The minimum absolute atomic E-state index is 0.0476. The molecular formula is C23H24F6N8O3. The van der Waals surface area contributed by atoms with Crippen LogP contribution >= 0.6 is 0 Å². The van der Waals surface area contributed by atoms with Crippen molar-refractivity contribution in [3.8, 4) is 6.07 Å². The van der Waals surface area contributed by atoms with E-state index in [9.17, 15) is 41.2 Å². The fraction of sp³-hybridized carbons (Fsp3) is 0.565. The summed E-state index contributed by atoms with van der Waals surface area (Å²) in [5, 5.41) is 17.4. The van der Waals surface area contributed by atoms with Gasteiger partial charge in [-0.15, -0.1) is 0 Å². The summed E-state index contributed by atoms with van der Waals surface area (Å²) >= 11 is 0. The monoisotopic (exact) mass is 574 g/mol. The number of H-pyrrole nitrogens is 1. The minimum Gasteiger partial charge on any atom is -0.378 e. The molecule has 4 atom stereocenters. The van der Waals surface area contributed by atoms with Gasteiger partial charge in [0.1, 0.15) is 11.7 Å². The van der Waals surface area contributed by atoms with Gasteiger partial charge in [0.25, 0.3) is 11.5 Å². The summed E-state index contributed by atoms with van der Waals surface area (Å²) in [6.45, 7) is 2.06. The minimum atomic E-state index is -4.91. The summed E-state index contributed by atoms with van der Waals surface area (Å²) in [5.41, 5.74) is -4.33. The van der Waals surface area contributed by atoms with Crippen molar-refractivity contribution in [3.05, 3.63) is 40.1 Å². The van der Waals surface area contributed by atoms with Crippen molar-refractivity contribution in [2.45, 2.75) is 50.3 Å². The molecule has 2 saturated heterocycles. The largest absolute Gasteiger partial charge is 0.423 e. The van der Waals surface area contributed by atoms with Crippen molar-refractivity contribution < 1.29 is 35.9 Å². The fourth-order valence-electron chi connectivity index (χ4n) is 4.77. The number of carbonyl (C=O) groups is 1. The summed E-state index contributed by atoms with van der Waals surface area (Å²) < 4.78 is 83.8. The van der Waals surface area contributed by atoms with Gasteiger partial charge in [-0.3, -0.25) is 9.59 Å². The van der Waals surface area contributed by atoms with Gasteiger partial charge >= 0.3 is 12.4 Å². The van der Waals surface area contributed by atoms with Gasteiger partial charge in [-0.05, 0) is 13.3 Å². The highest BCUT2D eigenvalue weighted by molar-refractivity contribution is 5.83. The van der Waals surface area contributed by atoms with Crippen molar-refractivity contribution in [2.75, 3.05) is 36.5 Å². The number of nitriles is 1. The van der Waals surface area contributed by atoms with Gasteiger partial charge in [-0.1, -0.05) is 0 Å². The third-order valence-electron chi connectivity index (χ3n) is 6.67. The lowest BCUT2D eigenvalue weighted by molar-refractivity contribution is -0.140. The van der Waals surface area contributed by atoms with Crippen molar-refractivity contribution in [3.63, 3.8) is 0 Å². The van der Waals surface area contributed by atoms with Gasteiger partial charge in [0.15, 0.2) is 0 Å². The van der Waals surface area contributed by atoms with E-state index >= 15 is 0 Å². The Balaban J connectivity index is 1.33. The molecule has 2 N–H and O–H groups in total. The fourth-order valence-corrected chi connectivity index (χ4v) is 4.77. The number of hydrogen-bond donors (Lipinski definition) is 2. The van der Waals surface area contributed by atoms with Crippen molar-refractivity contribution in [1.82, 2.24) is 25.1 Å². The molecular weight excluding hydrogens is 550 g/mol. The third-order valence-corrected chi connectivity index (χ3v) is 6.67. The summed E-state index contributed by atoms with van der Waals surface area (Å²) in [6.07, 6.45) is -7.53. The molecule has 1 amide bonds. The van der Waals surface area contributed by atoms with Crippen LogP contribution in [-0.2, 0) is 21.9 Å². The number of rotatable bonds is 7. The molecule has 0 spiro atoms. The maximum Gasteiger partial charge on any atom is 0.423 e. The molecule has 216 valence electrons. The van der Waals surface area contributed by atoms with Crippen LogP contribution < -0.4 is 15.8 Å². The van der Waals surface area contributed by atoms with Gasteiger partial charge < -0.3 is 19.9 Å². The molecule has 0 radical (unpaired) electrons. The third kappa shape index (κ3) is 6.27. The molecule has 2 aliphatic heterocycles. The number of likely N-dealkylation sites (tertiary alicyclic amines) is 1. The first-order valence-electron chi connectivity index (χ1n) is 12.2. The Hall–Kier alpha value is -3.94. The number of alkyl halides is 6. The summed E-state index contributed by atoms with van der Waals surface area (Å²) in [5.74, 6) is -0.996. The van der Waals surface area contributed by atoms with Gasteiger partial charge in [0.05, 0.1) is 42.1 Å². The molecule has 17 heteroatoms. The van der Waals surface area contributed by atoms with Crippen LogP contribution in [0, 0.1) is 17.2 Å². The maximum absolute atomic E-state index is 13.3. The van der Waals surface area contributed by atoms with Gasteiger partial charge in [0.2, 0.25) is 5.95 Å². The van der Waals surface area contributed by atoms with E-state index < -0.39 is 58.8 Å². The molecule has 2 fully saturated rings. The summed E-state index contributed by atoms with van der Waals surface area (Å²) in [7, 11) is 0. The zero-order valence-corrected chi connectivity index (χ0v) is 21.0. The summed E-state index contributed by atoms with van der Waals surface area (Å²) in [6, 6.07) is 0.967. The zero-order valence-electron chi connectivity index (χ0n) is 21.0. The molecule has 4 rings (SSSR count). The highest BCUT2D eigenvalue weighted by Gasteiger charge is 2.43. The van der Waals surface area contributed by atoms with Gasteiger partial charge in [-0.25, -0.2) is 15.1 Å². The van der Waals surface area contributed by atoms with Crippen LogP contribution in [-0.4, -0.2) is 75.4 Å². The second-order valence-corrected chi connectivity index (χ2v) is 9.48. The Bertz CT molecular complexity index is 1310. The SMILES string of the molecule is C[C@@H](CO[C@@H]1CCN(C2CCN(c3ncc(C(F)(F)F)cn3)CC2C#N)C1=O)Nc1cn[nH]c(=O)c1C(F)(F)F. The Kier molecular flexibility index (Phi) is 8.19. The highest BCUT2D eigenvalue weighted by atomic mass is 19.4. The number of carbonyl (C=O) groups excluding carboxylic acids is 1. The standard InChI is InChI=1S/C23H24F6N8O3/c1-12(34-15-9-33-35-19(38)18(15)23(27,28)29)11-40-17-3-5-37(20(17)39)16-2-4-36(10-13(16)6-30)21-31-7-14(8-32-21)22(24,25)26/h7-9,12-13,16-17H,2-5,10-11H2,1H3,(H2,34,35,38)/t12-,13?,16?,17+/m0/s1. The lowest BCUT2D eigenvalue weighted by atomic mass is 9.92. The first kappa shape index (κ1) is 29.1. The van der Waals surface area contributed by atoms with E-state index in [1.54, 1.807) is 10.00 Å². The smallest absolute Gasteiger partial charge is 0.378 e. The lowest BCUT2D eigenvalue weighted by Crippen LogP contribution is -2.52. The second-order valence-electron chi connectivity index (χ2n) is 9.48. The van der Waals surface area contributed by atoms with Crippen LogP contribution in [0.3, 0.4) is 0 Å². The first-order chi connectivity index (χ1) is 18.8. The van der Waals surface area contributed by atoms with E-state index in [0.29, 0.717) is 38.3 Å². The van der Waals surface area contributed by atoms with Crippen molar-refractivity contribution in [1.29, 1.82) is 5.26 Å². The van der Waals surface area contributed by atoms with Crippen LogP contribution in [0.25, 0.3) is 0 Å². The van der Waals surface area contributed by atoms with Crippen LogP contribution in [0.2, 0.25) is 0 Å². The number of anilines is 2. The average Bonchev–Trinajstić information content (AvgIpc) is 3.25. The maximum atomic E-state index is 13.3. The number of aromatic amines is 1. The van der Waals surface area contributed by atoms with Crippen molar-refractivity contribution >= 4 is 17.5 Å². The number of amides is 1. The Labute approximate surface area is 223 Å². The number of ether oxygens (including phenoxy) is 1. The van der Waals surface area contributed by atoms with Gasteiger partial charge in [0, 0.05) is 44.5 Å². The molecule has 0 bridgehead atoms. The Morgan fingerprint density at radius 3 is 2.45 bits per heavy atom. The van der Waals surface area contributed by atoms with Crippen LogP contribution in [0.4, 0.5) is 38.0 Å². The molecule has 2 aromatic heterocycles. The second kappa shape index (κ2) is 11.3. The van der Waals surface area contributed by atoms with E-state index in [0.717, 1.165) is 6.20 Å². The van der Waals surface area contributed by atoms with Crippen LogP contribution in [0.1, 0.15) is 30.9 Å². The average molecular weight is 574 g/mol. The predicted octanol–water partition coefficient (Wildman–Crippen LogP) is 2.43. The Morgan fingerprint density at radius 2 is 1.82 bits per heavy atom. The molecule has 2 aromatic rings. The van der Waals surface area contributed by atoms with E-state index in [-0.39, 0.29) is 25.0 Å². The quantitative estimate of drug-likeness (QED) is 0.477. The normalized spacial score (nSPS) is 22.8. The molecule has 11 nitrogen and oxygen atoms in total. The van der Waals surface area contributed by atoms with E-state index in [1.165, 1.54) is 11.8 Å². The number of halogens is 6. The number of aromatic nitrogens is 4. The van der Waals surface area contributed by atoms with E-state index in [1.807, 2.05) is 0 Å². The van der Waals surface area contributed by atoms with E-state index in [2.05, 4.69) is 26.5 Å². The molecule has 0 aliphatic carbocycles. The molecule has 2 aliphatic rings. The van der Waals surface area contributed by atoms with Gasteiger partial charge in [-0.2, -0.15) is 36.7 Å². The molecule has 2 unspecified atom stereocenters. The zero-order chi connectivity index (χ0) is 29.2. The molecule has 0 saturated carbocycles. The molecule has 4 heterocycles. The topological polar surface area (TPSA) is 140 Å². The van der Waals surface area contributed by atoms with E-state index in [4.69, 9.17) is 4.74 Å². The molecule has 40 heavy (non-hydrogen) atoms. The number of hydrogen-bond acceptors (Lipinski definition) is 9.